The summed E-state index contributed by atoms with van der Waals surface area (Å²) in [5.74, 6) is 1.93. The van der Waals surface area contributed by atoms with Gasteiger partial charge in [-0.1, -0.05) is 19.0 Å². The molecule has 5 nitrogen and oxygen atoms in total. The maximum Gasteiger partial charge on any atom is 0.159 e. The van der Waals surface area contributed by atoms with Gasteiger partial charge < -0.3 is 4.52 Å². The molecular weight excluding hydrogens is 260 g/mol. The SMILES string of the molecule is CC(C)c1ncn(Cc2cc(Br)no2)n1. The summed E-state index contributed by atoms with van der Waals surface area (Å²) >= 11 is 3.22. The lowest BCUT2D eigenvalue weighted by Gasteiger charge is -1.96. The van der Waals surface area contributed by atoms with Gasteiger partial charge in [-0.05, 0) is 15.9 Å². The molecule has 0 aliphatic heterocycles. The van der Waals surface area contributed by atoms with Crippen molar-refractivity contribution >= 4 is 15.9 Å². The first kappa shape index (κ1) is 10.4. The van der Waals surface area contributed by atoms with Crippen LogP contribution in [0.4, 0.5) is 0 Å². The van der Waals surface area contributed by atoms with Crippen LogP contribution in [0.2, 0.25) is 0 Å². The highest BCUT2D eigenvalue weighted by atomic mass is 79.9. The minimum atomic E-state index is 0.340. The van der Waals surface area contributed by atoms with Gasteiger partial charge in [-0.15, -0.1) is 0 Å². The number of halogens is 1. The van der Waals surface area contributed by atoms with Gasteiger partial charge in [0.05, 0.1) is 0 Å². The van der Waals surface area contributed by atoms with E-state index in [1.807, 2.05) is 6.07 Å². The highest BCUT2D eigenvalue weighted by molar-refractivity contribution is 9.10. The van der Waals surface area contributed by atoms with Crippen molar-refractivity contribution in [1.82, 2.24) is 19.9 Å². The maximum absolute atomic E-state index is 5.05. The summed E-state index contributed by atoms with van der Waals surface area (Å²) < 4.78 is 7.49. The van der Waals surface area contributed by atoms with E-state index in [0.717, 1.165) is 11.6 Å². The monoisotopic (exact) mass is 270 g/mol. The fourth-order valence-corrected chi connectivity index (χ4v) is 1.50. The Morgan fingerprint density at radius 1 is 1.53 bits per heavy atom. The Morgan fingerprint density at radius 2 is 2.33 bits per heavy atom. The summed E-state index contributed by atoms with van der Waals surface area (Å²) in [7, 11) is 0. The van der Waals surface area contributed by atoms with E-state index in [9.17, 15) is 0 Å². The second-order valence-corrected chi connectivity index (χ2v) is 4.38. The average molecular weight is 271 g/mol. The van der Waals surface area contributed by atoms with Gasteiger partial charge in [-0.2, -0.15) is 5.10 Å². The zero-order valence-corrected chi connectivity index (χ0v) is 10.1. The van der Waals surface area contributed by atoms with Crippen molar-refractivity contribution in [2.75, 3.05) is 0 Å². The number of nitrogens with zero attached hydrogens (tertiary/aromatic N) is 4. The molecule has 0 unspecified atom stereocenters. The highest BCUT2D eigenvalue weighted by Crippen LogP contribution is 2.12. The van der Waals surface area contributed by atoms with Crippen LogP contribution in [0.15, 0.2) is 21.5 Å². The van der Waals surface area contributed by atoms with E-state index >= 15 is 0 Å². The quantitative estimate of drug-likeness (QED) is 0.858. The number of rotatable bonds is 3. The van der Waals surface area contributed by atoms with Gasteiger partial charge in [0.1, 0.15) is 17.5 Å². The molecule has 0 fully saturated rings. The lowest BCUT2D eigenvalue weighted by Crippen LogP contribution is -2.00. The zero-order valence-electron chi connectivity index (χ0n) is 8.51. The fourth-order valence-electron chi connectivity index (χ4n) is 1.17. The van der Waals surface area contributed by atoms with Crippen molar-refractivity contribution in [1.29, 1.82) is 0 Å². The molecule has 2 aromatic rings. The smallest absolute Gasteiger partial charge is 0.159 e. The van der Waals surface area contributed by atoms with E-state index in [-0.39, 0.29) is 0 Å². The van der Waals surface area contributed by atoms with E-state index in [4.69, 9.17) is 4.52 Å². The summed E-state index contributed by atoms with van der Waals surface area (Å²) in [6.07, 6.45) is 1.70. The summed E-state index contributed by atoms with van der Waals surface area (Å²) in [6, 6.07) is 1.82. The molecule has 0 saturated heterocycles. The Hall–Kier alpha value is -1.17. The molecule has 0 atom stereocenters. The van der Waals surface area contributed by atoms with Gasteiger partial charge in [-0.25, -0.2) is 9.67 Å². The molecule has 80 valence electrons. The first-order valence-corrected chi connectivity index (χ1v) is 5.45. The fraction of sp³-hybridized carbons (Fsp3) is 0.444. The molecule has 2 aromatic heterocycles. The number of aromatic nitrogens is 4. The third-order valence-electron chi connectivity index (χ3n) is 1.92. The topological polar surface area (TPSA) is 56.7 Å². The number of hydrogen-bond donors (Lipinski definition) is 0. The standard InChI is InChI=1S/C9H11BrN4O/c1-6(2)9-11-5-14(12-9)4-7-3-8(10)13-15-7/h3,5-6H,4H2,1-2H3. The summed E-state index contributed by atoms with van der Waals surface area (Å²) in [5, 5.41) is 8.05. The van der Waals surface area contributed by atoms with Crippen LogP contribution in [0.25, 0.3) is 0 Å². The zero-order chi connectivity index (χ0) is 10.8. The van der Waals surface area contributed by atoms with Crippen LogP contribution in [-0.4, -0.2) is 19.9 Å². The molecule has 2 rings (SSSR count). The van der Waals surface area contributed by atoms with Crippen molar-refractivity contribution in [2.45, 2.75) is 26.3 Å². The van der Waals surface area contributed by atoms with E-state index < -0.39 is 0 Å². The van der Waals surface area contributed by atoms with Gasteiger partial charge in [0.15, 0.2) is 11.6 Å². The Balaban J connectivity index is 2.11. The molecule has 0 aromatic carbocycles. The van der Waals surface area contributed by atoms with Gasteiger partial charge >= 0.3 is 0 Å². The molecule has 0 aliphatic carbocycles. The Morgan fingerprint density at radius 3 is 2.87 bits per heavy atom. The van der Waals surface area contributed by atoms with E-state index in [1.54, 1.807) is 11.0 Å². The van der Waals surface area contributed by atoms with Gasteiger partial charge in [0.25, 0.3) is 0 Å². The Kier molecular flexibility index (Phi) is 2.86. The van der Waals surface area contributed by atoms with E-state index in [0.29, 0.717) is 17.1 Å². The molecule has 0 aliphatic rings. The minimum Gasteiger partial charge on any atom is -0.358 e. The van der Waals surface area contributed by atoms with Crippen molar-refractivity contribution < 1.29 is 4.52 Å². The molecule has 0 saturated carbocycles. The van der Waals surface area contributed by atoms with Crippen LogP contribution in [0.3, 0.4) is 0 Å². The molecule has 0 radical (unpaired) electrons. The molecule has 0 spiro atoms. The molecule has 0 N–H and O–H groups in total. The third-order valence-corrected chi connectivity index (χ3v) is 2.29. The summed E-state index contributed by atoms with van der Waals surface area (Å²) in [6.45, 7) is 4.67. The molecule has 0 amide bonds. The van der Waals surface area contributed by atoms with Crippen molar-refractivity contribution in [3.05, 3.63) is 28.6 Å². The van der Waals surface area contributed by atoms with Crippen molar-refractivity contribution in [2.24, 2.45) is 0 Å². The van der Waals surface area contributed by atoms with E-state index in [1.165, 1.54) is 0 Å². The first-order chi connectivity index (χ1) is 7.15. The predicted octanol–water partition coefficient (Wildman–Crippen LogP) is 2.20. The average Bonchev–Trinajstić information content (AvgIpc) is 2.76. The Bertz CT molecular complexity index is 448. The van der Waals surface area contributed by atoms with Crippen LogP contribution in [0, 0.1) is 0 Å². The number of hydrogen-bond acceptors (Lipinski definition) is 4. The normalized spacial score (nSPS) is 11.2. The van der Waals surface area contributed by atoms with Crippen molar-refractivity contribution in [3.8, 4) is 0 Å². The van der Waals surface area contributed by atoms with Crippen LogP contribution in [0.5, 0.6) is 0 Å². The van der Waals surface area contributed by atoms with Gasteiger partial charge in [0.2, 0.25) is 0 Å². The lowest BCUT2D eigenvalue weighted by atomic mass is 10.2. The second kappa shape index (κ2) is 4.14. The Labute approximate surface area is 95.6 Å². The second-order valence-electron chi connectivity index (χ2n) is 3.57. The summed E-state index contributed by atoms with van der Waals surface area (Å²) in [4.78, 5) is 4.20. The highest BCUT2D eigenvalue weighted by Gasteiger charge is 2.07. The molecular formula is C9H11BrN4O. The van der Waals surface area contributed by atoms with Crippen LogP contribution < -0.4 is 0 Å². The van der Waals surface area contributed by atoms with Gasteiger partial charge in [-0.3, -0.25) is 0 Å². The summed E-state index contributed by atoms with van der Waals surface area (Å²) in [5.41, 5.74) is 0. The maximum atomic E-state index is 5.05. The molecule has 15 heavy (non-hydrogen) atoms. The minimum absolute atomic E-state index is 0.340. The third kappa shape index (κ3) is 2.44. The van der Waals surface area contributed by atoms with Crippen LogP contribution in [-0.2, 0) is 6.54 Å². The first-order valence-electron chi connectivity index (χ1n) is 4.65. The molecule has 2 heterocycles. The van der Waals surface area contributed by atoms with Crippen LogP contribution in [0.1, 0.15) is 31.4 Å². The molecule has 0 bridgehead atoms. The van der Waals surface area contributed by atoms with Gasteiger partial charge in [0, 0.05) is 12.0 Å². The molecule has 6 heteroatoms. The lowest BCUT2D eigenvalue weighted by molar-refractivity contribution is 0.368. The largest absolute Gasteiger partial charge is 0.358 e. The van der Waals surface area contributed by atoms with E-state index in [2.05, 4.69) is 45.0 Å². The van der Waals surface area contributed by atoms with Crippen LogP contribution >= 0.6 is 15.9 Å². The predicted molar refractivity (Wildman–Crippen MR) is 57.4 cm³/mol. The van der Waals surface area contributed by atoms with Crippen molar-refractivity contribution in [3.63, 3.8) is 0 Å².